The minimum Gasteiger partial charge on any atom is -0.483 e. The molecule has 0 spiro atoms. The molecule has 2 aromatic heterocycles. The molecule has 0 radical (unpaired) electrons. The van der Waals surface area contributed by atoms with E-state index in [1.165, 1.54) is 28.7 Å². The summed E-state index contributed by atoms with van der Waals surface area (Å²) in [5.41, 5.74) is 1.61. The molecule has 0 bridgehead atoms. The molecule has 3 rings (SSSR count). The van der Waals surface area contributed by atoms with Gasteiger partial charge in [-0.15, -0.1) is 28.1 Å². The minimum absolute atomic E-state index is 0.0976. The Morgan fingerprint density at radius 2 is 1.94 bits per heavy atom. The number of allylic oxidation sites excluding steroid dienone is 1. The molecule has 192 valence electrons. The second-order valence-electron chi connectivity index (χ2n) is 8.38. The number of rotatable bonds is 12. The van der Waals surface area contributed by atoms with Gasteiger partial charge in [-0.1, -0.05) is 43.8 Å². The van der Waals surface area contributed by atoms with Gasteiger partial charge in [0.2, 0.25) is 5.91 Å². The lowest BCUT2D eigenvalue weighted by molar-refractivity contribution is -0.113. The number of ether oxygens (including phenoxy) is 2. The highest BCUT2D eigenvalue weighted by atomic mass is 32.2. The van der Waals surface area contributed by atoms with E-state index >= 15 is 0 Å². The predicted octanol–water partition coefficient (Wildman–Crippen LogP) is 6.00. The Morgan fingerprint density at radius 1 is 1.22 bits per heavy atom. The summed E-state index contributed by atoms with van der Waals surface area (Å²) in [6, 6.07) is 9.75. The normalized spacial score (nSPS) is 11.8. The number of aromatic nitrogens is 3. The van der Waals surface area contributed by atoms with Gasteiger partial charge >= 0.3 is 5.97 Å². The molecule has 3 aromatic rings. The summed E-state index contributed by atoms with van der Waals surface area (Å²) in [5.74, 6) is 1.23. The van der Waals surface area contributed by atoms with Crippen LogP contribution in [0.2, 0.25) is 0 Å². The fourth-order valence-corrected chi connectivity index (χ4v) is 5.13. The van der Waals surface area contributed by atoms with Crippen molar-refractivity contribution in [1.29, 1.82) is 0 Å². The third-order valence-corrected chi connectivity index (χ3v) is 7.15. The number of aryl methyl sites for hydroxylation is 1. The van der Waals surface area contributed by atoms with Crippen LogP contribution in [-0.4, -0.2) is 39.0 Å². The molecule has 1 atom stereocenters. The zero-order valence-electron chi connectivity index (χ0n) is 21.2. The Hall–Kier alpha value is -3.11. The van der Waals surface area contributed by atoms with Crippen molar-refractivity contribution in [2.45, 2.75) is 58.3 Å². The molecule has 1 amide bonds. The van der Waals surface area contributed by atoms with Gasteiger partial charge in [0.1, 0.15) is 10.8 Å². The maximum atomic E-state index is 12.7. The first-order valence-electron chi connectivity index (χ1n) is 11.7. The summed E-state index contributed by atoms with van der Waals surface area (Å²) in [5, 5.41) is 12.5. The van der Waals surface area contributed by atoms with Gasteiger partial charge in [-0.25, -0.2) is 4.79 Å². The molecule has 0 saturated heterocycles. The van der Waals surface area contributed by atoms with Crippen molar-refractivity contribution in [1.82, 2.24) is 14.8 Å². The van der Waals surface area contributed by atoms with Crippen molar-refractivity contribution in [3.8, 4) is 5.75 Å². The number of carbonyl (C=O) groups excluding carboxylic acids is 2. The number of hydrogen-bond donors (Lipinski definition) is 1. The molecule has 0 saturated carbocycles. The smallest absolute Gasteiger partial charge is 0.341 e. The van der Waals surface area contributed by atoms with Crippen molar-refractivity contribution in [3.63, 3.8) is 0 Å². The highest BCUT2D eigenvalue weighted by molar-refractivity contribution is 7.99. The van der Waals surface area contributed by atoms with Crippen LogP contribution in [0.4, 0.5) is 5.00 Å². The monoisotopic (exact) mass is 528 g/mol. The van der Waals surface area contributed by atoms with Crippen molar-refractivity contribution >= 4 is 40.0 Å². The van der Waals surface area contributed by atoms with Crippen LogP contribution in [0.5, 0.6) is 5.75 Å². The Labute approximate surface area is 220 Å². The summed E-state index contributed by atoms with van der Waals surface area (Å²) in [7, 11) is 0. The molecule has 0 aliphatic rings. The van der Waals surface area contributed by atoms with E-state index in [1.54, 1.807) is 19.1 Å². The second-order valence-corrected chi connectivity index (χ2v) is 10.6. The van der Waals surface area contributed by atoms with E-state index in [2.05, 4.69) is 48.1 Å². The van der Waals surface area contributed by atoms with E-state index in [1.807, 2.05) is 30.5 Å². The molecule has 0 fully saturated rings. The lowest BCUT2D eigenvalue weighted by Crippen LogP contribution is -2.17. The molecule has 1 N–H and O–H groups in total. The van der Waals surface area contributed by atoms with Crippen LogP contribution in [0.3, 0.4) is 0 Å². The Bertz CT molecular complexity index is 1200. The molecule has 36 heavy (non-hydrogen) atoms. The summed E-state index contributed by atoms with van der Waals surface area (Å²) in [6.07, 6.45) is 1.40. The van der Waals surface area contributed by atoms with Crippen molar-refractivity contribution in [2.75, 3.05) is 17.7 Å². The SMILES string of the molecule is C=CCn1c(SCC(=O)Nc2sc(C)cc2C(=O)OCC)nnc1C(C)Oc1ccc(C(C)C)cc1. The number of nitrogens with zero attached hydrogens (tertiary/aromatic N) is 3. The lowest BCUT2D eigenvalue weighted by Gasteiger charge is -2.16. The Morgan fingerprint density at radius 3 is 2.58 bits per heavy atom. The highest BCUT2D eigenvalue weighted by Gasteiger charge is 2.21. The number of nitrogens with one attached hydrogen (secondary N) is 1. The molecule has 1 unspecified atom stereocenters. The fourth-order valence-electron chi connectivity index (χ4n) is 3.46. The van der Waals surface area contributed by atoms with Gasteiger partial charge in [0.25, 0.3) is 0 Å². The number of anilines is 1. The molecule has 0 aliphatic carbocycles. The van der Waals surface area contributed by atoms with Gasteiger partial charge in [-0.2, -0.15) is 0 Å². The third-order valence-electron chi connectivity index (χ3n) is 5.22. The predicted molar refractivity (Wildman–Crippen MR) is 144 cm³/mol. The molecule has 2 heterocycles. The number of thioether (sulfide) groups is 1. The largest absolute Gasteiger partial charge is 0.483 e. The summed E-state index contributed by atoms with van der Waals surface area (Å²) >= 11 is 2.59. The van der Waals surface area contributed by atoms with Gasteiger partial charge in [-0.05, 0) is 50.5 Å². The lowest BCUT2D eigenvalue weighted by atomic mass is 10.0. The molecule has 10 heteroatoms. The quantitative estimate of drug-likeness (QED) is 0.175. The number of hydrogen-bond acceptors (Lipinski definition) is 8. The number of amides is 1. The highest BCUT2D eigenvalue weighted by Crippen LogP contribution is 2.29. The summed E-state index contributed by atoms with van der Waals surface area (Å²) < 4.78 is 13.1. The van der Waals surface area contributed by atoms with Gasteiger partial charge in [-0.3, -0.25) is 9.36 Å². The zero-order valence-corrected chi connectivity index (χ0v) is 22.9. The van der Waals surface area contributed by atoms with Crippen LogP contribution >= 0.6 is 23.1 Å². The maximum absolute atomic E-state index is 12.7. The van der Waals surface area contributed by atoms with Crippen LogP contribution in [0, 0.1) is 6.92 Å². The van der Waals surface area contributed by atoms with Crippen LogP contribution < -0.4 is 10.1 Å². The average molecular weight is 529 g/mol. The average Bonchev–Trinajstić information content (AvgIpc) is 3.41. The van der Waals surface area contributed by atoms with Gasteiger partial charge in [0.05, 0.1) is 17.9 Å². The van der Waals surface area contributed by atoms with Crippen LogP contribution in [0.25, 0.3) is 0 Å². The summed E-state index contributed by atoms with van der Waals surface area (Å²) in [6.45, 7) is 14.4. The summed E-state index contributed by atoms with van der Waals surface area (Å²) in [4.78, 5) is 25.8. The van der Waals surface area contributed by atoms with E-state index in [0.29, 0.717) is 34.0 Å². The standard InChI is InChI=1S/C26H32N4O4S2/c1-7-13-30-23(18(6)34-20-11-9-19(10-12-20)16(3)4)28-29-26(30)35-15-22(31)27-24-21(14-17(5)36-24)25(32)33-8-2/h7,9-12,14,16,18H,1,8,13,15H2,2-6H3,(H,27,31). The molecular weight excluding hydrogens is 496 g/mol. The van der Waals surface area contributed by atoms with Gasteiger partial charge < -0.3 is 14.8 Å². The number of esters is 1. The van der Waals surface area contributed by atoms with Gasteiger partial charge in [0.15, 0.2) is 17.1 Å². The van der Waals surface area contributed by atoms with E-state index in [0.717, 1.165) is 10.6 Å². The Balaban J connectivity index is 1.67. The molecule has 1 aromatic carbocycles. The van der Waals surface area contributed by atoms with Crippen molar-refractivity contribution < 1.29 is 19.1 Å². The van der Waals surface area contributed by atoms with Crippen LogP contribution in [0.1, 0.15) is 66.3 Å². The first-order chi connectivity index (χ1) is 17.2. The van der Waals surface area contributed by atoms with Crippen LogP contribution in [0.15, 0.2) is 48.1 Å². The van der Waals surface area contributed by atoms with E-state index in [9.17, 15) is 9.59 Å². The number of benzene rings is 1. The van der Waals surface area contributed by atoms with Crippen LogP contribution in [-0.2, 0) is 16.1 Å². The molecule has 0 aliphatic heterocycles. The van der Waals surface area contributed by atoms with Crippen molar-refractivity contribution in [2.24, 2.45) is 0 Å². The minimum atomic E-state index is -0.451. The first-order valence-corrected chi connectivity index (χ1v) is 13.5. The van der Waals surface area contributed by atoms with E-state index in [-0.39, 0.29) is 24.4 Å². The first kappa shape index (κ1) is 27.5. The third kappa shape index (κ3) is 6.98. The zero-order chi connectivity index (χ0) is 26.2. The molecular formula is C26H32N4O4S2. The second kappa shape index (κ2) is 12.7. The van der Waals surface area contributed by atoms with E-state index < -0.39 is 5.97 Å². The van der Waals surface area contributed by atoms with Crippen molar-refractivity contribution in [3.05, 3.63) is 64.8 Å². The number of thiophene rings is 1. The fraction of sp³-hybridized carbons (Fsp3) is 0.385. The molecule has 8 nitrogen and oxygen atoms in total. The van der Waals surface area contributed by atoms with Gasteiger partial charge in [0, 0.05) is 11.4 Å². The van der Waals surface area contributed by atoms with E-state index in [4.69, 9.17) is 9.47 Å². The Kier molecular flexibility index (Phi) is 9.72. The maximum Gasteiger partial charge on any atom is 0.341 e. The number of carbonyl (C=O) groups is 2. The topological polar surface area (TPSA) is 95.3 Å².